The Bertz CT molecular complexity index is 4770. The van der Waals surface area contributed by atoms with Crippen molar-refractivity contribution in [2.24, 2.45) is 58.8 Å². The average Bonchev–Trinajstić information content (AvgIpc) is 0.750. The third-order valence-corrected chi connectivity index (χ3v) is 26.4. The van der Waals surface area contributed by atoms with Gasteiger partial charge in [-0.1, -0.05) is 101 Å². The van der Waals surface area contributed by atoms with Crippen molar-refractivity contribution in [2.75, 3.05) is 6.61 Å². The molecule has 0 radical (unpaired) electrons. The van der Waals surface area contributed by atoms with Gasteiger partial charge in [-0.25, -0.2) is 4.79 Å². The summed E-state index contributed by atoms with van der Waals surface area (Å²) in [4.78, 5) is 138. The second kappa shape index (κ2) is 38.8. The zero-order chi connectivity index (χ0) is 88.5. The van der Waals surface area contributed by atoms with E-state index in [1.807, 2.05) is 20.8 Å². The Morgan fingerprint density at radius 3 is 1.94 bits per heavy atom. The number of Topliss-reactive ketones (excluding diaryl/α,β-unsaturated/α-hetero) is 3. The first-order valence-electron chi connectivity index (χ1n) is 42.8. The zero-order valence-corrected chi connectivity index (χ0v) is 71.3. The van der Waals surface area contributed by atoms with Gasteiger partial charge < -0.3 is 112 Å². The van der Waals surface area contributed by atoms with E-state index in [4.69, 9.17) is 67.8 Å². The summed E-state index contributed by atoms with van der Waals surface area (Å²) in [7, 11) is 0. The fourth-order valence-corrected chi connectivity index (χ4v) is 20.0. The molecule has 123 heavy (non-hydrogen) atoms. The van der Waals surface area contributed by atoms with Gasteiger partial charge in [0, 0.05) is 66.8 Å². The normalized spacial score (nSPS) is 31.1. The minimum atomic E-state index is -2.18. The number of halogens is 2. The number of unbranched alkanes of at least 4 members (excludes halogenated alkanes) is 4. The summed E-state index contributed by atoms with van der Waals surface area (Å²) in [5.74, 6) is -15.4. The molecule has 15 bridgehead atoms. The number of primary amides is 1. The van der Waals surface area contributed by atoms with Gasteiger partial charge in [-0.3, -0.25) is 38.4 Å². The standard InChI is InChI=1S/C90H113Cl2N7O24/c1-8-10-11-12-13-14-41(5)95-89(116)118-53-34-57-72(61(102)35-53)56-27-46(15-18-60(56)101)55-37-63(104)73-51-31-67(119-65-19-16-47(28-58(65)91)77(107)75(98-84(112)45(9-2)21-40(3)4)62(103)30-52(33-70(93)106)85(113)96-73)81(123-88-82(80(110)79(109)69(39-100)121-88)122-71-38-90(7,94)83(111)42(6)117-71)68(32-51)120-66-20-17-48(29-59(66)92)78(108)76(99-86(55)114)87(115)97-74(57)64(105)36-54-49-23-43-22-44(25-49)26-50(54)24-43/h15-20,27-29,31-32,34-35,40-45,49-50,52,54-55,69,71,73-80,82-83,88,100-102,107-111H,8-14,21-26,30,33,36-39,94H2,1-7H3,(H2,93,106)(H,95,116)(H,96,113)(H,97,115)(H,98,112)(H,99,114)/t41?,42-,43?,44?,45+,49?,50?,52-,54?,55+,69+,71-,73+,74-,75-,76-,77+,78+,79+,80-,82+,83+,88-,90-/m0/s1. The van der Waals surface area contributed by atoms with E-state index in [-0.39, 0.29) is 109 Å². The monoisotopic (exact) mass is 1750 g/mol. The van der Waals surface area contributed by atoms with E-state index in [9.17, 15) is 55.2 Å². The maximum absolute atomic E-state index is 16.7. The van der Waals surface area contributed by atoms with Crippen LogP contribution in [-0.2, 0) is 52.6 Å². The number of hydrogen-bond acceptors (Lipinski definition) is 25. The van der Waals surface area contributed by atoms with Crippen LogP contribution in [0.3, 0.4) is 0 Å². The van der Waals surface area contributed by atoms with Gasteiger partial charge in [-0.15, -0.1) is 0 Å². The van der Waals surface area contributed by atoms with E-state index in [1.54, 1.807) is 6.92 Å². The number of carbonyl (C=O) groups excluding carboxylic acids is 9. The second-order valence-corrected chi connectivity index (χ2v) is 36.4. The number of ketones is 3. The number of nitrogens with two attached hydrogens (primary N) is 2. The molecule has 6 amide bonds. The topological polar surface area (TPSA) is 492 Å². The van der Waals surface area contributed by atoms with Gasteiger partial charge in [0.2, 0.25) is 41.6 Å². The number of amides is 6. The van der Waals surface area contributed by atoms with Crippen LogP contribution in [0.5, 0.6) is 46.0 Å². The highest BCUT2D eigenvalue weighted by Gasteiger charge is 2.53. The SMILES string of the molecule is CCCCCCCC(C)NC(=O)Oc1cc(O)c2c(c1)[C@@H](C(=O)CC1C3CC4CC(C3)CC1C4)NC(=O)[C@H]1NC(=O)[C@H](CC(=O)[C@@H]3NC(=O)[C@H](CC(N)=O)CC(=O)[C@H](NC(=O)[C@H](CC)CC(C)C)[C@H](O)c4ccc(c(Cl)c4)Oc4cc3cc(c4O[C@@H]3O[C@H](CO)[C@@H](O)[C@H](O)[C@H]3O[C@H]3C[C@](C)(N)[C@H](O)[C@H](C)O3)Oc3ccc(cc3Cl)[C@H]1O)c1ccc(O)c-2c1. The fraction of sp³-hybridized carbons (Fsp3) is 0.567. The molecule has 19 atom stereocenters. The molecule has 6 fully saturated rings. The third kappa shape index (κ3) is 20.6. The van der Waals surface area contributed by atoms with Gasteiger partial charge in [-0.2, -0.15) is 0 Å². The number of ether oxygens (including phenoxy) is 7. The van der Waals surface area contributed by atoms with Crippen LogP contribution in [0, 0.1) is 47.3 Å². The molecule has 4 saturated carbocycles. The van der Waals surface area contributed by atoms with Crippen molar-refractivity contribution in [1.82, 2.24) is 26.6 Å². The third-order valence-electron chi connectivity index (χ3n) is 25.9. The lowest BCUT2D eigenvalue weighted by atomic mass is 9.51. The molecule has 7 heterocycles. The van der Waals surface area contributed by atoms with Crippen molar-refractivity contribution >= 4 is 76.2 Å². The van der Waals surface area contributed by atoms with Crippen molar-refractivity contribution in [3.8, 4) is 57.1 Å². The predicted molar refractivity (Wildman–Crippen MR) is 446 cm³/mol. The summed E-state index contributed by atoms with van der Waals surface area (Å²) < 4.78 is 45.1. The van der Waals surface area contributed by atoms with Crippen LogP contribution in [0.15, 0.2) is 78.9 Å². The minimum absolute atomic E-state index is 0.0165. The Labute approximate surface area is 722 Å². The van der Waals surface area contributed by atoms with Gasteiger partial charge in [-0.05, 0) is 190 Å². The van der Waals surface area contributed by atoms with Crippen molar-refractivity contribution in [3.05, 3.63) is 117 Å². The fourth-order valence-electron chi connectivity index (χ4n) is 19.5. The van der Waals surface area contributed by atoms with Gasteiger partial charge in [0.05, 0.1) is 40.7 Å². The Balaban J connectivity index is 1.01. The summed E-state index contributed by atoms with van der Waals surface area (Å²) in [6.07, 6.45) is -10.5. The van der Waals surface area contributed by atoms with Gasteiger partial charge in [0.1, 0.15) is 83.4 Å². The number of carbonyl (C=O) groups is 9. The summed E-state index contributed by atoms with van der Waals surface area (Å²) in [5.41, 5.74) is 9.59. The van der Waals surface area contributed by atoms with Crippen LogP contribution >= 0.6 is 23.2 Å². The second-order valence-electron chi connectivity index (χ2n) is 35.6. The average molecular weight is 1750 g/mol. The van der Waals surface area contributed by atoms with Gasteiger partial charge in [0.15, 0.2) is 41.2 Å². The number of aliphatic hydroxyl groups excluding tert-OH is 6. The van der Waals surface area contributed by atoms with Gasteiger partial charge in [0.25, 0.3) is 0 Å². The maximum Gasteiger partial charge on any atom is 0.412 e. The first-order valence-corrected chi connectivity index (χ1v) is 43.6. The Kier molecular flexibility index (Phi) is 28.9. The maximum atomic E-state index is 16.7. The Hall–Kier alpha value is -9.09. The molecule has 0 aromatic heterocycles. The van der Waals surface area contributed by atoms with Crippen LogP contribution in [0.2, 0.25) is 10.0 Å². The molecule has 5 aromatic carbocycles. The quantitative estimate of drug-likeness (QED) is 0.0270. The van der Waals surface area contributed by atoms with Crippen LogP contribution in [-0.4, -0.2) is 173 Å². The minimum Gasteiger partial charge on any atom is -0.507 e. The summed E-state index contributed by atoms with van der Waals surface area (Å²) in [6.45, 7) is 11.6. The molecule has 5 aromatic rings. The van der Waals surface area contributed by atoms with Crippen LogP contribution < -0.4 is 57.0 Å². The van der Waals surface area contributed by atoms with E-state index in [2.05, 4.69) is 33.5 Å². The molecule has 16 rings (SSSR count). The highest BCUT2D eigenvalue weighted by Crippen LogP contribution is 2.59. The largest absolute Gasteiger partial charge is 0.507 e. The van der Waals surface area contributed by atoms with Crippen molar-refractivity contribution in [1.29, 1.82) is 0 Å². The number of nitrogens with one attached hydrogen (secondary N) is 5. The molecule has 2 saturated heterocycles. The van der Waals surface area contributed by atoms with Crippen molar-refractivity contribution in [3.63, 3.8) is 0 Å². The Morgan fingerprint density at radius 2 is 1.33 bits per heavy atom. The number of hydrogen-bond donors (Lipinski definition) is 15. The van der Waals surface area contributed by atoms with E-state index in [0.717, 1.165) is 88.5 Å². The molecule has 4 aliphatic carbocycles. The molecule has 33 heteroatoms. The molecule has 666 valence electrons. The van der Waals surface area contributed by atoms with E-state index in [1.165, 1.54) is 68.4 Å². The smallest absolute Gasteiger partial charge is 0.412 e. The lowest BCUT2D eigenvalue weighted by Gasteiger charge is -2.54. The number of rotatable bonds is 23. The molecular weight excluding hydrogens is 1630 g/mol. The van der Waals surface area contributed by atoms with Crippen molar-refractivity contribution < 1.29 is 117 Å². The molecule has 31 nitrogen and oxygen atoms in total. The predicted octanol–water partition coefficient (Wildman–Crippen LogP) is 9.60. The zero-order valence-electron chi connectivity index (χ0n) is 69.8. The van der Waals surface area contributed by atoms with Gasteiger partial charge >= 0.3 is 6.09 Å². The van der Waals surface area contributed by atoms with E-state index in [0.29, 0.717) is 31.1 Å². The number of aliphatic hydroxyl groups is 6. The van der Waals surface area contributed by atoms with E-state index < -0.39 is 216 Å². The number of aromatic hydroxyl groups is 2. The van der Waals surface area contributed by atoms with Crippen LogP contribution in [0.25, 0.3) is 11.1 Å². The molecule has 1 unspecified atom stereocenters. The first-order chi connectivity index (χ1) is 58.5. The van der Waals surface area contributed by atoms with E-state index >= 15 is 28.8 Å². The molecule has 11 aliphatic rings. The van der Waals surface area contributed by atoms with Crippen molar-refractivity contribution in [2.45, 2.75) is 267 Å². The number of benzene rings is 5. The van der Waals surface area contributed by atoms with Crippen LogP contribution in [0.4, 0.5) is 4.79 Å². The number of phenols is 2. The Morgan fingerprint density at radius 1 is 0.691 bits per heavy atom. The highest BCUT2D eigenvalue weighted by molar-refractivity contribution is 6.32. The number of fused-ring (bicyclic) bond motifs is 15. The molecular formula is C90H113Cl2N7O24. The highest BCUT2D eigenvalue weighted by atomic mass is 35.5. The lowest BCUT2D eigenvalue weighted by Crippen LogP contribution is -2.64. The summed E-state index contributed by atoms with van der Waals surface area (Å²) in [6, 6.07) is 7.32. The molecule has 7 aliphatic heterocycles. The molecule has 0 spiro atoms. The molecule has 17 N–H and O–H groups in total. The van der Waals surface area contributed by atoms with Crippen LogP contribution in [0.1, 0.15) is 222 Å². The summed E-state index contributed by atoms with van der Waals surface area (Å²) >= 11 is 14.5. The number of phenolic OH excluding ortho intramolecular Hbond substituents is 2. The first kappa shape index (κ1) is 91.6. The summed E-state index contributed by atoms with van der Waals surface area (Å²) in [5, 5.41) is 109. The lowest BCUT2D eigenvalue weighted by molar-refractivity contribution is -0.333.